The van der Waals surface area contributed by atoms with Crippen molar-refractivity contribution < 1.29 is 14.3 Å². The Labute approximate surface area is 191 Å². The maximum atomic E-state index is 13.2. The van der Waals surface area contributed by atoms with E-state index in [-0.39, 0.29) is 23.2 Å². The zero-order chi connectivity index (χ0) is 22.7. The molecule has 1 aliphatic rings. The number of nitrogens with zero attached hydrogens (tertiary/aromatic N) is 3. The second-order valence-electron chi connectivity index (χ2n) is 8.10. The molecule has 2 aromatic heterocycles. The highest BCUT2D eigenvalue weighted by Gasteiger charge is 2.22. The molecular weight excluding hydrogens is 426 g/mol. The van der Waals surface area contributed by atoms with Crippen LogP contribution >= 0.6 is 11.8 Å². The minimum absolute atomic E-state index is 0.00502. The van der Waals surface area contributed by atoms with Crippen molar-refractivity contribution in [3.63, 3.8) is 0 Å². The summed E-state index contributed by atoms with van der Waals surface area (Å²) in [5.41, 5.74) is 3.24. The van der Waals surface area contributed by atoms with Gasteiger partial charge in [-0.1, -0.05) is 23.9 Å². The van der Waals surface area contributed by atoms with E-state index in [4.69, 9.17) is 14.5 Å². The van der Waals surface area contributed by atoms with Crippen LogP contribution in [0.2, 0.25) is 0 Å². The number of hydrogen-bond acceptors (Lipinski definition) is 6. The SMILES string of the molecule is COCCn1c(C)cc(C(=O)CSc2nc3ccccc3c(=O)n2CC2CCCO2)c1C. The topological polar surface area (TPSA) is 75.4 Å². The van der Waals surface area contributed by atoms with Gasteiger partial charge in [0.25, 0.3) is 5.56 Å². The predicted octanol–water partition coefficient (Wildman–Crippen LogP) is 3.62. The molecule has 0 N–H and O–H groups in total. The van der Waals surface area contributed by atoms with Gasteiger partial charge < -0.3 is 14.0 Å². The number of para-hydroxylation sites is 1. The minimum Gasteiger partial charge on any atom is -0.383 e. The Morgan fingerprint density at radius 2 is 2.09 bits per heavy atom. The van der Waals surface area contributed by atoms with Crippen molar-refractivity contribution >= 4 is 28.4 Å². The van der Waals surface area contributed by atoms with Gasteiger partial charge in [-0.15, -0.1) is 0 Å². The number of aromatic nitrogens is 3. The summed E-state index contributed by atoms with van der Waals surface area (Å²) >= 11 is 1.32. The molecule has 1 aromatic carbocycles. The Bertz CT molecular complexity index is 1180. The molecule has 1 aliphatic heterocycles. The smallest absolute Gasteiger partial charge is 0.262 e. The molecule has 0 saturated carbocycles. The van der Waals surface area contributed by atoms with Crippen molar-refractivity contribution in [1.82, 2.24) is 14.1 Å². The second kappa shape index (κ2) is 10.0. The zero-order valence-corrected chi connectivity index (χ0v) is 19.6. The first-order valence-electron chi connectivity index (χ1n) is 10.9. The van der Waals surface area contributed by atoms with Gasteiger partial charge in [-0.2, -0.15) is 0 Å². The summed E-state index contributed by atoms with van der Waals surface area (Å²) in [7, 11) is 1.67. The van der Waals surface area contributed by atoms with E-state index < -0.39 is 0 Å². The number of hydrogen-bond donors (Lipinski definition) is 0. The highest BCUT2D eigenvalue weighted by atomic mass is 32.2. The molecule has 0 spiro atoms. The van der Waals surface area contributed by atoms with Crippen molar-refractivity contribution in [3.8, 4) is 0 Å². The van der Waals surface area contributed by atoms with Gasteiger partial charge in [0.1, 0.15) is 0 Å². The molecular formula is C24H29N3O4S. The molecule has 0 bridgehead atoms. The third-order valence-corrected chi connectivity index (χ3v) is 6.94. The lowest BCUT2D eigenvalue weighted by Gasteiger charge is -2.16. The van der Waals surface area contributed by atoms with Crippen molar-refractivity contribution in [2.75, 3.05) is 26.1 Å². The Morgan fingerprint density at radius 3 is 2.84 bits per heavy atom. The van der Waals surface area contributed by atoms with Crippen LogP contribution < -0.4 is 5.56 Å². The van der Waals surface area contributed by atoms with Crippen LogP contribution in [0.15, 0.2) is 40.3 Å². The normalized spacial score (nSPS) is 16.2. The van der Waals surface area contributed by atoms with E-state index >= 15 is 0 Å². The van der Waals surface area contributed by atoms with E-state index in [0.29, 0.717) is 41.3 Å². The average molecular weight is 456 g/mol. The zero-order valence-electron chi connectivity index (χ0n) is 18.8. The maximum Gasteiger partial charge on any atom is 0.262 e. The fraction of sp³-hybridized carbons (Fsp3) is 0.458. The first-order chi connectivity index (χ1) is 15.5. The summed E-state index contributed by atoms with van der Waals surface area (Å²) in [6, 6.07) is 9.28. The van der Waals surface area contributed by atoms with Gasteiger partial charge in [0.15, 0.2) is 10.9 Å². The number of aryl methyl sites for hydroxylation is 1. The fourth-order valence-electron chi connectivity index (χ4n) is 4.23. The summed E-state index contributed by atoms with van der Waals surface area (Å²) in [5, 5.41) is 1.15. The highest BCUT2D eigenvalue weighted by molar-refractivity contribution is 7.99. The number of fused-ring (bicyclic) bond motifs is 1. The molecule has 1 fully saturated rings. The Balaban J connectivity index is 1.60. The van der Waals surface area contributed by atoms with Gasteiger partial charge in [0, 0.05) is 37.2 Å². The number of Topliss-reactive ketones (excluding diaryl/α,β-unsaturated/α-hetero) is 1. The monoisotopic (exact) mass is 455 g/mol. The van der Waals surface area contributed by atoms with Crippen LogP contribution in [-0.4, -0.2) is 52.1 Å². The number of ether oxygens (including phenoxy) is 2. The van der Waals surface area contributed by atoms with Crippen molar-refractivity contribution in [2.24, 2.45) is 0 Å². The van der Waals surface area contributed by atoms with E-state index in [2.05, 4.69) is 4.57 Å². The summed E-state index contributed by atoms with van der Waals surface area (Å²) in [4.78, 5) is 31.0. The van der Waals surface area contributed by atoms with Crippen LogP contribution in [0.1, 0.15) is 34.6 Å². The van der Waals surface area contributed by atoms with Crippen LogP contribution in [-0.2, 0) is 22.6 Å². The third kappa shape index (κ3) is 4.67. The lowest BCUT2D eigenvalue weighted by molar-refractivity contribution is 0.0937. The van der Waals surface area contributed by atoms with Gasteiger partial charge in [-0.3, -0.25) is 14.2 Å². The van der Waals surface area contributed by atoms with Crippen molar-refractivity contribution in [1.29, 1.82) is 0 Å². The third-order valence-electron chi connectivity index (χ3n) is 5.96. The standard InChI is InChI=1S/C24H29N3O4S/c1-16-13-20(17(2)26(16)10-12-30-3)22(28)15-32-24-25-21-9-5-4-8-19(21)23(29)27(24)14-18-7-6-11-31-18/h4-5,8-9,13,18H,6-7,10-12,14-15H2,1-3H3. The molecule has 3 aromatic rings. The fourth-order valence-corrected chi connectivity index (χ4v) is 5.12. The first-order valence-corrected chi connectivity index (χ1v) is 11.9. The number of benzene rings is 1. The van der Waals surface area contributed by atoms with Crippen LogP contribution in [0.4, 0.5) is 0 Å². The first kappa shape index (κ1) is 22.8. The molecule has 1 unspecified atom stereocenters. The predicted molar refractivity (Wildman–Crippen MR) is 126 cm³/mol. The molecule has 1 saturated heterocycles. The lowest BCUT2D eigenvalue weighted by Crippen LogP contribution is -2.29. The number of thioether (sulfide) groups is 1. The van der Waals surface area contributed by atoms with Gasteiger partial charge >= 0.3 is 0 Å². The second-order valence-corrected chi connectivity index (χ2v) is 9.05. The molecule has 8 heteroatoms. The van der Waals surface area contributed by atoms with Crippen molar-refractivity contribution in [2.45, 2.75) is 51.0 Å². The van der Waals surface area contributed by atoms with Gasteiger partial charge in [-0.25, -0.2) is 4.98 Å². The lowest BCUT2D eigenvalue weighted by atomic mass is 10.2. The summed E-state index contributed by atoms with van der Waals surface area (Å²) in [6.45, 7) is 6.44. The Morgan fingerprint density at radius 1 is 1.28 bits per heavy atom. The highest BCUT2D eigenvalue weighted by Crippen LogP contribution is 2.23. The van der Waals surface area contributed by atoms with Crippen LogP contribution in [0.5, 0.6) is 0 Å². The van der Waals surface area contributed by atoms with Crippen LogP contribution in [0.3, 0.4) is 0 Å². The van der Waals surface area contributed by atoms with Crippen molar-refractivity contribution in [3.05, 3.63) is 57.6 Å². The van der Waals surface area contributed by atoms with E-state index in [9.17, 15) is 9.59 Å². The molecule has 3 heterocycles. The Hall–Kier alpha value is -2.42. The van der Waals surface area contributed by atoms with Gasteiger partial charge in [0.2, 0.25) is 0 Å². The van der Waals surface area contributed by atoms with E-state index in [1.54, 1.807) is 17.7 Å². The molecule has 4 rings (SSSR count). The number of rotatable bonds is 9. The quantitative estimate of drug-likeness (QED) is 0.279. The number of carbonyl (C=O) groups is 1. The van der Waals surface area contributed by atoms with Crippen LogP contribution in [0, 0.1) is 13.8 Å². The molecule has 0 radical (unpaired) electrons. The number of methoxy groups -OCH3 is 1. The summed E-state index contributed by atoms with van der Waals surface area (Å²) < 4.78 is 14.7. The van der Waals surface area contributed by atoms with Gasteiger partial charge in [-0.05, 0) is 44.9 Å². The molecule has 170 valence electrons. The summed E-state index contributed by atoms with van der Waals surface area (Å²) in [5.74, 6) is 0.239. The molecule has 32 heavy (non-hydrogen) atoms. The molecule has 1 atom stereocenters. The average Bonchev–Trinajstić information content (AvgIpc) is 3.40. The summed E-state index contributed by atoms with van der Waals surface area (Å²) in [6.07, 6.45) is 1.93. The number of ketones is 1. The Kier molecular flexibility index (Phi) is 7.13. The molecule has 0 aliphatic carbocycles. The number of carbonyl (C=O) groups excluding carboxylic acids is 1. The maximum absolute atomic E-state index is 13.2. The molecule has 7 nitrogen and oxygen atoms in total. The van der Waals surface area contributed by atoms with Gasteiger partial charge in [0.05, 0.1) is 35.9 Å². The minimum atomic E-state index is -0.0845. The largest absolute Gasteiger partial charge is 0.383 e. The van der Waals surface area contributed by atoms with E-state index in [0.717, 1.165) is 30.8 Å². The van der Waals surface area contributed by atoms with E-state index in [1.807, 2.05) is 38.1 Å². The van der Waals surface area contributed by atoms with E-state index in [1.165, 1.54) is 11.8 Å². The van der Waals surface area contributed by atoms with Crippen LogP contribution in [0.25, 0.3) is 10.9 Å². The molecule has 0 amide bonds.